The zero-order valence-corrected chi connectivity index (χ0v) is 10.3. The van der Waals surface area contributed by atoms with Gasteiger partial charge in [0.15, 0.2) is 5.82 Å². The molecule has 7 nitrogen and oxygen atoms in total. The van der Waals surface area contributed by atoms with Crippen LogP contribution in [0, 0.1) is 0 Å². The number of aromatic nitrogens is 2. The lowest BCUT2D eigenvalue weighted by atomic mass is 10.2. The van der Waals surface area contributed by atoms with E-state index in [-0.39, 0.29) is 12.6 Å². The number of rotatable bonds is 3. The molecule has 0 amide bonds. The minimum atomic E-state index is 0.152. The highest BCUT2D eigenvalue weighted by molar-refractivity contribution is 4.96. The molecule has 1 aliphatic heterocycles. The van der Waals surface area contributed by atoms with E-state index in [1.54, 1.807) is 0 Å². The molecule has 1 atom stereocenters. The minimum Gasteiger partial charge on any atom is -0.337 e. The molecule has 2 heterocycles. The first-order valence-electron chi connectivity index (χ1n) is 5.73. The first-order chi connectivity index (χ1) is 8.20. The largest absolute Gasteiger partial charge is 0.337 e. The fraction of sp³-hybridized carbons (Fsp3) is 0.800. The Morgan fingerprint density at radius 1 is 1.47 bits per heavy atom. The van der Waals surface area contributed by atoms with Crippen molar-refractivity contribution < 1.29 is 9.36 Å². The summed E-state index contributed by atoms with van der Waals surface area (Å²) >= 11 is 0. The van der Waals surface area contributed by atoms with Crippen LogP contribution in [0.25, 0.3) is 0 Å². The average Bonchev–Trinajstić information content (AvgIpc) is 2.67. The molecule has 0 aromatic carbocycles. The summed E-state index contributed by atoms with van der Waals surface area (Å²) in [7, 11) is 4.19. The van der Waals surface area contributed by atoms with E-state index in [0.717, 1.165) is 26.1 Å². The summed E-state index contributed by atoms with van der Waals surface area (Å²) in [6.07, 6.45) is 1.15. The van der Waals surface area contributed by atoms with Crippen LogP contribution in [0.4, 0.5) is 0 Å². The van der Waals surface area contributed by atoms with Crippen molar-refractivity contribution in [1.29, 1.82) is 0 Å². The van der Waals surface area contributed by atoms with E-state index in [1.807, 2.05) is 0 Å². The van der Waals surface area contributed by atoms with E-state index in [1.165, 1.54) is 0 Å². The van der Waals surface area contributed by atoms with Gasteiger partial charge in [0, 0.05) is 6.54 Å². The Morgan fingerprint density at radius 3 is 3.06 bits per heavy atom. The van der Waals surface area contributed by atoms with Crippen LogP contribution >= 0.6 is 0 Å². The summed E-state index contributed by atoms with van der Waals surface area (Å²) in [6, 6.07) is 0.165. The number of hydrogen-bond donors (Lipinski definition) is 1. The van der Waals surface area contributed by atoms with Crippen molar-refractivity contribution in [2.45, 2.75) is 19.1 Å². The van der Waals surface area contributed by atoms with Gasteiger partial charge in [-0.25, -0.2) is 5.90 Å². The monoisotopic (exact) mass is 241 g/mol. The molecule has 1 aliphatic rings. The first-order valence-corrected chi connectivity index (χ1v) is 5.73. The lowest BCUT2D eigenvalue weighted by Gasteiger charge is -2.24. The smallest absolute Gasteiger partial charge is 0.254 e. The Morgan fingerprint density at radius 2 is 2.29 bits per heavy atom. The van der Waals surface area contributed by atoms with Crippen molar-refractivity contribution in [3.05, 3.63) is 11.7 Å². The van der Waals surface area contributed by atoms with Gasteiger partial charge < -0.3 is 9.42 Å². The number of nitrogens with zero attached hydrogens (tertiary/aromatic N) is 4. The van der Waals surface area contributed by atoms with Crippen LogP contribution in [0.1, 0.15) is 24.2 Å². The summed E-state index contributed by atoms with van der Waals surface area (Å²) in [4.78, 5) is 13.3. The maximum atomic E-state index is 5.07. The van der Waals surface area contributed by atoms with Gasteiger partial charge in [0.05, 0.1) is 6.04 Å². The Balaban J connectivity index is 2.11. The average molecular weight is 241 g/mol. The second-order valence-electron chi connectivity index (χ2n) is 4.47. The minimum absolute atomic E-state index is 0.152. The number of hydrogen-bond acceptors (Lipinski definition) is 7. The Labute approximate surface area is 100 Å². The third kappa shape index (κ3) is 3.01. The van der Waals surface area contributed by atoms with Crippen LogP contribution in [0.15, 0.2) is 4.52 Å². The molecule has 7 heteroatoms. The zero-order valence-electron chi connectivity index (χ0n) is 10.3. The standard InChI is InChI=1S/C10H19N5O2/c1-14-4-3-5-15(2)8(6-14)10-12-9(7-16-11)17-13-10/h8H,3-7,11H2,1-2H3. The lowest BCUT2D eigenvalue weighted by molar-refractivity contribution is 0.0995. The summed E-state index contributed by atoms with van der Waals surface area (Å²) < 4.78 is 5.07. The second kappa shape index (κ2) is 5.54. The second-order valence-corrected chi connectivity index (χ2v) is 4.47. The molecule has 0 spiro atoms. The highest BCUT2D eigenvalue weighted by atomic mass is 16.6. The molecule has 2 rings (SSSR count). The molecule has 1 aromatic rings. The van der Waals surface area contributed by atoms with Crippen molar-refractivity contribution >= 4 is 0 Å². The quantitative estimate of drug-likeness (QED) is 0.732. The van der Waals surface area contributed by atoms with Crippen LogP contribution in [-0.4, -0.2) is 53.7 Å². The number of likely N-dealkylation sites (N-methyl/N-ethyl adjacent to an activating group) is 2. The van der Waals surface area contributed by atoms with Gasteiger partial charge in [-0.15, -0.1) is 0 Å². The Kier molecular flexibility index (Phi) is 4.06. The van der Waals surface area contributed by atoms with Crippen molar-refractivity contribution in [3.8, 4) is 0 Å². The maximum Gasteiger partial charge on any atom is 0.254 e. The fourth-order valence-corrected chi connectivity index (χ4v) is 2.08. The Hall–Kier alpha value is -1.02. The van der Waals surface area contributed by atoms with Gasteiger partial charge in [-0.05, 0) is 33.6 Å². The van der Waals surface area contributed by atoms with Crippen molar-refractivity contribution in [3.63, 3.8) is 0 Å². The molecule has 1 unspecified atom stereocenters. The van der Waals surface area contributed by atoms with E-state index in [0.29, 0.717) is 11.7 Å². The molecule has 1 aromatic heterocycles. The zero-order chi connectivity index (χ0) is 12.3. The molecule has 17 heavy (non-hydrogen) atoms. The molecule has 1 saturated heterocycles. The van der Waals surface area contributed by atoms with Gasteiger partial charge in [0.1, 0.15) is 6.61 Å². The first kappa shape index (κ1) is 12.4. The van der Waals surface area contributed by atoms with E-state index in [9.17, 15) is 0 Å². The highest BCUT2D eigenvalue weighted by Crippen LogP contribution is 2.20. The Bertz CT molecular complexity index is 356. The van der Waals surface area contributed by atoms with Crippen LogP contribution in [0.2, 0.25) is 0 Å². The van der Waals surface area contributed by atoms with Gasteiger partial charge in [-0.1, -0.05) is 5.16 Å². The van der Waals surface area contributed by atoms with Gasteiger partial charge in [0.2, 0.25) is 0 Å². The van der Waals surface area contributed by atoms with Crippen molar-refractivity contribution in [2.24, 2.45) is 5.90 Å². The van der Waals surface area contributed by atoms with Gasteiger partial charge in [-0.3, -0.25) is 9.74 Å². The molecule has 2 N–H and O–H groups in total. The van der Waals surface area contributed by atoms with E-state index in [2.05, 4.69) is 38.9 Å². The molecule has 0 aliphatic carbocycles. The molecule has 96 valence electrons. The van der Waals surface area contributed by atoms with E-state index >= 15 is 0 Å². The maximum absolute atomic E-state index is 5.07. The van der Waals surface area contributed by atoms with Crippen LogP contribution in [0.5, 0.6) is 0 Å². The summed E-state index contributed by atoms with van der Waals surface area (Å²) in [6.45, 7) is 3.18. The fourth-order valence-electron chi connectivity index (χ4n) is 2.08. The predicted molar refractivity (Wildman–Crippen MR) is 60.8 cm³/mol. The SMILES string of the molecule is CN1CCCN(C)C(c2noc(CON)n2)C1. The van der Waals surface area contributed by atoms with Crippen LogP contribution in [-0.2, 0) is 11.4 Å². The highest BCUT2D eigenvalue weighted by Gasteiger charge is 2.26. The van der Waals surface area contributed by atoms with E-state index < -0.39 is 0 Å². The van der Waals surface area contributed by atoms with Crippen LogP contribution in [0.3, 0.4) is 0 Å². The summed E-state index contributed by atoms with van der Waals surface area (Å²) in [5, 5.41) is 4.00. The topological polar surface area (TPSA) is 80.7 Å². The molecule has 0 bridgehead atoms. The number of nitrogens with two attached hydrogens (primary N) is 1. The molecular formula is C10H19N5O2. The third-order valence-corrected chi connectivity index (χ3v) is 3.06. The predicted octanol–water partition coefficient (Wildman–Crippen LogP) is -0.232. The van der Waals surface area contributed by atoms with Gasteiger partial charge in [0.25, 0.3) is 5.89 Å². The summed E-state index contributed by atoms with van der Waals surface area (Å²) in [5.74, 6) is 6.10. The molecule has 1 fully saturated rings. The van der Waals surface area contributed by atoms with Crippen molar-refractivity contribution in [2.75, 3.05) is 33.7 Å². The van der Waals surface area contributed by atoms with Crippen LogP contribution < -0.4 is 5.90 Å². The molecular weight excluding hydrogens is 222 g/mol. The third-order valence-electron chi connectivity index (χ3n) is 3.06. The van der Waals surface area contributed by atoms with E-state index in [4.69, 9.17) is 10.4 Å². The lowest BCUT2D eigenvalue weighted by Crippen LogP contribution is -2.31. The van der Waals surface area contributed by atoms with Crippen molar-refractivity contribution in [1.82, 2.24) is 19.9 Å². The normalized spacial score (nSPS) is 23.8. The van der Waals surface area contributed by atoms with Gasteiger partial charge >= 0.3 is 0 Å². The summed E-state index contributed by atoms with van der Waals surface area (Å²) in [5.41, 5.74) is 0. The molecule has 0 radical (unpaired) electrons. The van der Waals surface area contributed by atoms with Gasteiger partial charge in [-0.2, -0.15) is 4.98 Å². The molecule has 0 saturated carbocycles.